The van der Waals surface area contributed by atoms with E-state index in [-0.39, 0.29) is 41.0 Å². The molecular weight excluding hydrogens is 465 g/mol. The van der Waals surface area contributed by atoms with Crippen LogP contribution in [0.15, 0.2) is 53.6 Å². The molecule has 0 spiro atoms. The van der Waals surface area contributed by atoms with Crippen molar-refractivity contribution in [3.05, 3.63) is 98.6 Å². The van der Waals surface area contributed by atoms with Gasteiger partial charge in [-0.05, 0) is 86.8 Å². The molecule has 8 heteroatoms. The second kappa shape index (κ2) is 9.84. The van der Waals surface area contributed by atoms with E-state index in [1.807, 2.05) is 13.0 Å². The van der Waals surface area contributed by atoms with E-state index in [2.05, 4.69) is 15.0 Å². The Bertz CT molecular complexity index is 1460. The highest BCUT2D eigenvalue weighted by Crippen LogP contribution is 2.41. The van der Waals surface area contributed by atoms with E-state index in [9.17, 15) is 18.0 Å². The van der Waals surface area contributed by atoms with Gasteiger partial charge in [0.05, 0.1) is 17.9 Å². The van der Waals surface area contributed by atoms with Gasteiger partial charge in [-0.25, -0.2) is 18.2 Å². The Morgan fingerprint density at radius 2 is 1.78 bits per heavy atom. The number of benzene rings is 1. The highest BCUT2D eigenvalue weighted by Gasteiger charge is 2.29. The maximum Gasteiger partial charge on any atom is 0.265 e. The lowest BCUT2D eigenvalue weighted by Gasteiger charge is -2.30. The van der Waals surface area contributed by atoms with E-state index in [1.165, 1.54) is 29.0 Å². The van der Waals surface area contributed by atoms with Crippen LogP contribution in [-0.4, -0.2) is 19.5 Å². The lowest BCUT2D eigenvalue weighted by atomic mass is 9.75. The molecule has 0 amide bonds. The minimum Gasteiger partial charge on any atom is -0.285 e. The molecule has 186 valence electrons. The molecule has 1 aromatic carbocycles. The first-order valence-corrected chi connectivity index (χ1v) is 12.2. The van der Waals surface area contributed by atoms with Crippen LogP contribution in [0.2, 0.25) is 0 Å². The van der Waals surface area contributed by atoms with Crippen molar-refractivity contribution >= 4 is 11.2 Å². The fourth-order valence-corrected chi connectivity index (χ4v) is 5.46. The molecule has 0 saturated heterocycles. The van der Waals surface area contributed by atoms with Crippen molar-refractivity contribution in [1.82, 2.24) is 19.5 Å². The molecule has 0 N–H and O–H groups in total. The van der Waals surface area contributed by atoms with E-state index < -0.39 is 6.43 Å². The molecule has 36 heavy (non-hydrogen) atoms. The van der Waals surface area contributed by atoms with E-state index in [0.29, 0.717) is 22.4 Å². The van der Waals surface area contributed by atoms with Crippen LogP contribution in [-0.2, 0) is 6.54 Å². The summed E-state index contributed by atoms with van der Waals surface area (Å²) in [6.07, 6.45) is 3.35. The number of hydrogen-bond acceptors (Lipinski definition) is 4. The third-order valence-corrected chi connectivity index (χ3v) is 7.26. The molecule has 1 aliphatic rings. The fraction of sp³-hybridized carbons (Fsp3) is 0.357. The number of nitrogens with zero attached hydrogens (tertiary/aromatic N) is 4. The summed E-state index contributed by atoms with van der Waals surface area (Å²) in [7, 11) is 0. The zero-order valence-corrected chi connectivity index (χ0v) is 20.2. The number of halogens is 3. The standard InChI is InChI=1S/C28H27F3N4O/c1-16-5-3-7-22(29)25(16)19-10-8-18(9-11-19)21-13-23-27(34-17(2)14-33-23)35(28(21)36)15-24-20(26(30)31)6-4-12-32-24/h3-7,12-14,18-19,26H,8-11,15H2,1-2H3/t18-,19-. The van der Waals surface area contributed by atoms with Crippen LogP contribution in [0.1, 0.15) is 77.6 Å². The van der Waals surface area contributed by atoms with Gasteiger partial charge in [-0.15, -0.1) is 0 Å². The van der Waals surface area contributed by atoms with E-state index in [1.54, 1.807) is 25.3 Å². The first kappa shape index (κ1) is 24.2. The average molecular weight is 493 g/mol. The largest absolute Gasteiger partial charge is 0.285 e. The number of hydrogen-bond donors (Lipinski definition) is 0. The van der Waals surface area contributed by atoms with Crippen molar-refractivity contribution < 1.29 is 13.2 Å². The smallest absolute Gasteiger partial charge is 0.265 e. The summed E-state index contributed by atoms with van der Waals surface area (Å²) >= 11 is 0. The maximum absolute atomic E-state index is 14.5. The number of pyridine rings is 2. The summed E-state index contributed by atoms with van der Waals surface area (Å²) in [5.41, 5.74) is 3.49. The zero-order valence-electron chi connectivity index (χ0n) is 20.2. The molecule has 5 nitrogen and oxygen atoms in total. The Kier molecular flexibility index (Phi) is 6.60. The number of rotatable bonds is 5. The van der Waals surface area contributed by atoms with Crippen molar-refractivity contribution in [3.63, 3.8) is 0 Å². The quantitative estimate of drug-likeness (QED) is 0.325. The number of aromatic nitrogens is 4. The van der Waals surface area contributed by atoms with Gasteiger partial charge in [-0.1, -0.05) is 12.1 Å². The van der Waals surface area contributed by atoms with Crippen LogP contribution in [0.25, 0.3) is 11.2 Å². The molecule has 0 radical (unpaired) electrons. The van der Waals surface area contributed by atoms with Crippen molar-refractivity contribution in [1.29, 1.82) is 0 Å². The monoisotopic (exact) mass is 492 g/mol. The van der Waals surface area contributed by atoms with Crippen LogP contribution in [0, 0.1) is 19.7 Å². The van der Waals surface area contributed by atoms with Gasteiger partial charge in [0.1, 0.15) is 11.3 Å². The second-order valence-electron chi connectivity index (χ2n) is 9.57. The zero-order chi connectivity index (χ0) is 25.4. The maximum atomic E-state index is 14.5. The number of fused-ring (bicyclic) bond motifs is 1. The Morgan fingerprint density at radius 3 is 2.50 bits per heavy atom. The van der Waals surface area contributed by atoms with Crippen LogP contribution in [0.5, 0.6) is 0 Å². The van der Waals surface area contributed by atoms with Gasteiger partial charge < -0.3 is 0 Å². The second-order valence-corrected chi connectivity index (χ2v) is 9.57. The summed E-state index contributed by atoms with van der Waals surface area (Å²) in [4.78, 5) is 26.9. The normalized spacial score (nSPS) is 18.2. The average Bonchev–Trinajstić information content (AvgIpc) is 2.86. The van der Waals surface area contributed by atoms with Gasteiger partial charge in [-0.3, -0.25) is 19.3 Å². The summed E-state index contributed by atoms with van der Waals surface area (Å²) in [5.74, 6) is -0.102. The van der Waals surface area contributed by atoms with Crippen LogP contribution < -0.4 is 5.56 Å². The highest BCUT2D eigenvalue weighted by atomic mass is 19.3. The SMILES string of the molecule is Cc1cnc2cc([C@H]3CC[C@H](c4c(C)cccc4F)CC3)c(=O)n(Cc3ncccc3C(F)F)c2n1. The van der Waals surface area contributed by atoms with Crippen molar-refractivity contribution in [3.8, 4) is 0 Å². The van der Waals surface area contributed by atoms with E-state index in [0.717, 1.165) is 36.8 Å². The molecule has 0 bridgehead atoms. The molecule has 0 unspecified atom stereocenters. The number of alkyl halides is 2. The number of aryl methyl sites for hydroxylation is 2. The van der Waals surface area contributed by atoms with Crippen LogP contribution in [0.3, 0.4) is 0 Å². The van der Waals surface area contributed by atoms with E-state index >= 15 is 0 Å². The Hall–Kier alpha value is -3.55. The molecule has 0 aliphatic heterocycles. The Labute approximate surface area is 207 Å². The minimum atomic E-state index is -2.70. The Morgan fingerprint density at radius 1 is 1.03 bits per heavy atom. The van der Waals surface area contributed by atoms with Gasteiger partial charge in [0.15, 0.2) is 5.65 Å². The van der Waals surface area contributed by atoms with Gasteiger partial charge in [0.25, 0.3) is 12.0 Å². The third kappa shape index (κ3) is 4.52. The summed E-state index contributed by atoms with van der Waals surface area (Å²) < 4.78 is 43.2. The predicted molar refractivity (Wildman–Crippen MR) is 132 cm³/mol. The van der Waals surface area contributed by atoms with Crippen LogP contribution >= 0.6 is 0 Å². The van der Waals surface area contributed by atoms with Crippen molar-refractivity contribution in [2.24, 2.45) is 0 Å². The lowest BCUT2D eigenvalue weighted by molar-refractivity contribution is 0.149. The van der Waals surface area contributed by atoms with E-state index in [4.69, 9.17) is 0 Å². The molecule has 3 aromatic heterocycles. The highest BCUT2D eigenvalue weighted by molar-refractivity contribution is 5.71. The third-order valence-electron chi connectivity index (χ3n) is 7.26. The first-order valence-electron chi connectivity index (χ1n) is 12.2. The van der Waals surface area contributed by atoms with Gasteiger partial charge >= 0.3 is 0 Å². The fourth-order valence-electron chi connectivity index (χ4n) is 5.46. The Balaban J connectivity index is 1.52. The first-order chi connectivity index (χ1) is 17.3. The molecule has 4 aromatic rings. The molecule has 1 saturated carbocycles. The summed E-state index contributed by atoms with van der Waals surface area (Å²) in [6.45, 7) is 3.58. The summed E-state index contributed by atoms with van der Waals surface area (Å²) in [6, 6.07) is 9.73. The van der Waals surface area contributed by atoms with Gasteiger partial charge in [-0.2, -0.15) is 0 Å². The van der Waals surface area contributed by atoms with Crippen molar-refractivity contribution in [2.45, 2.75) is 64.3 Å². The topological polar surface area (TPSA) is 60.7 Å². The van der Waals surface area contributed by atoms with Gasteiger partial charge in [0.2, 0.25) is 0 Å². The molecule has 1 fully saturated rings. The molecule has 3 heterocycles. The molecule has 1 aliphatic carbocycles. The minimum absolute atomic E-state index is 0.0297. The van der Waals surface area contributed by atoms with Crippen molar-refractivity contribution in [2.75, 3.05) is 0 Å². The molecule has 0 atom stereocenters. The molecular formula is C28H27F3N4O. The predicted octanol–water partition coefficient (Wildman–Crippen LogP) is 6.37. The molecule has 5 rings (SSSR count). The van der Waals surface area contributed by atoms with Gasteiger partial charge in [0, 0.05) is 23.5 Å². The van der Waals surface area contributed by atoms with Crippen LogP contribution in [0.4, 0.5) is 13.2 Å². The summed E-state index contributed by atoms with van der Waals surface area (Å²) in [5, 5.41) is 0. The lowest BCUT2D eigenvalue weighted by Crippen LogP contribution is -2.29.